The van der Waals surface area contributed by atoms with E-state index in [2.05, 4.69) is 14.7 Å². The molecular formula is C21H21N5O3S. The lowest BCUT2D eigenvalue weighted by molar-refractivity contribution is 0.481. The number of aliphatic imine (C=N–C) groups is 2. The largest absolute Gasteiger partial charge is 0.456 e. The summed E-state index contributed by atoms with van der Waals surface area (Å²) in [5, 5.41) is 9.64. The van der Waals surface area contributed by atoms with Gasteiger partial charge in [-0.15, -0.1) is 0 Å². The molecule has 8 nitrogen and oxygen atoms in total. The summed E-state index contributed by atoms with van der Waals surface area (Å²) in [7, 11) is -3.53. The molecule has 1 N–H and O–H groups in total. The molecule has 2 aromatic carbocycles. The maximum Gasteiger partial charge on any atom is 0.232 e. The molecule has 0 fully saturated rings. The Morgan fingerprint density at radius 1 is 1.30 bits per heavy atom. The molecule has 0 saturated heterocycles. The van der Waals surface area contributed by atoms with Gasteiger partial charge in [-0.25, -0.2) is 13.4 Å². The number of amidine groups is 1. The van der Waals surface area contributed by atoms with Crippen molar-refractivity contribution >= 4 is 33.6 Å². The molecule has 0 amide bonds. The fourth-order valence-electron chi connectivity index (χ4n) is 3.41. The van der Waals surface area contributed by atoms with E-state index >= 15 is 0 Å². The van der Waals surface area contributed by atoms with Crippen LogP contribution in [-0.2, 0) is 10.0 Å². The number of fused-ring (bicyclic) bond motifs is 3. The van der Waals surface area contributed by atoms with E-state index in [1.54, 1.807) is 37.5 Å². The molecule has 30 heavy (non-hydrogen) atoms. The van der Waals surface area contributed by atoms with Crippen molar-refractivity contribution in [2.75, 3.05) is 23.6 Å². The molecule has 2 aliphatic heterocycles. The third kappa shape index (κ3) is 4.00. The van der Waals surface area contributed by atoms with Gasteiger partial charge < -0.3 is 9.64 Å². The maximum atomic E-state index is 12.1. The van der Waals surface area contributed by atoms with Crippen molar-refractivity contribution in [3.05, 3.63) is 47.5 Å². The fraction of sp³-hybridized carbons (Fsp3) is 0.286. The van der Waals surface area contributed by atoms with Gasteiger partial charge in [0, 0.05) is 18.7 Å². The van der Waals surface area contributed by atoms with Gasteiger partial charge in [0.05, 0.1) is 23.5 Å². The first-order valence-corrected chi connectivity index (χ1v) is 11.4. The van der Waals surface area contributed by atoms with Crippen LogP contribution in [-0.4, -0.2) is 44.3 Å². The molecule has 0 saturated carbocycles. The van der Waals surface area contributed by atoms with Crippen LogP contribution in [0.2, 0.25) is 0 Å². The number of benzene rings is 2. The zero-order valence-corrected chi connectivity index (χ0v) is 17.3. The molecule has 9 heteroatoms. The number of nitriles is 1. The summed E-state index contributed by atoms with van der Waals surface area (Å²) in [6, 6.07) is 12.3. The summed E-state index contributed by atoms with van der Waals surface area (Å²) >= 11 is 0. The second-order valence-electron chi connectivity index (χ2n) is 6.99. The van der Waals surface area contributed by atoms with E-state index in [-0.39, 0.29) is 22.8 Å². The number of hydrogen-bond acceptors (Lipinski definition) is 7. The average Bonchev–Trinajstić information content (AvgIpc) is 2.73. The van der Waals surface area contributed by atoms with Gasteiger partial charge in [0.2, 0.25) is 10.0 Å². The summed E-state index contributed by atoms with van der Waals surface area (Å²) in [5.41, 5.74) is 2.01. The third-order valence-corrected chi connectivity index (χ3v) is 6.22. The van der Waals surface area contributed by atoms with Crippen molar-refractivity contribution in [3.63, 3.8) is 0 Å². The Kier molecular flexibility index (Phi) is 5.42. The molecule has 0 aromatic heterocycles. The number of sulfonamides is 1. The van der Waals surface area contributed by atoms with Gasteiger partial charge in [-0.05, 0) is 43.2 Å². The number of nitrogens with zero attached hydrogens (tertiary/aromatic N) is 4. The van der Waals surface area contributed by atoms with E-state index in [9.17, 15) is 13.7 Å². The maximum absolute atomic E-state index is 12.1. The molecule has 0 atom stereocenters. The van der Waals surface area contributed by atoms with Gasteiger partial charge in [0.25, 0.3) is 0 Å². The first kappa shape index (κ1) is 19.9. The number of anilines is 1. The minimum atomic E-state index is -3.53. The predicted molar refractivity (Wildman–Crippen MR) is 116 cm³/mol. The lowest BCUT2D eigenvalue weighted by Crippen LogP contribution is -2.36. The Balaban J connectivity index is 1.66. The Labute approximate surface area is 175 Å². The van der Waals surface area contributed by atoms with Crippen molar-refractivity contribution in [2.24, 2.45) is 9.98 Å². The van der Waals surface area contributed by atoms with Crippen LogP contribution in [0.25, 0.3) is 0 Å². The van der Waals surface area contributed by atoms with Gasteiger partial charge in [-0.2, -0.15) is 5.26 Å². The van der Waals surface area contributed by atoms with E-state index in [1.807, 2.05) is 23.1 Å². The molecule has 0 bridgehead atoms. The zero-order chi connectivity index (χ0) is 21.1. The second kappa shape index (κ2) is 8.16. The molecular weight excluding hydrogens is 402 g/mol. The average molecular weight is 423 g/mol. The van der Waals surface area contributed by atoms with Crippen LogP contribution < -0.4 is 9.46 Å². The van der Waals surface area contributed by atoms with Crippen LogP contribution in [0.5, 0.6) is 11.5 Å². The second-order valence-corrected chi connectivity index (χ2v) is 8.83. The molecule has 4 rings (SSSR count). The van der Waals surface area contributed by atoms with Crippen LogP contribution in [0.3, 0.4) is 0 Å². The SMILES string of the molecule is CCCS(=O)(=O)Nc1cccc(Oc2ccc3c(c2)C2=NCCCN2C=N3)c1C#N. The van der Waals surface area contributed by atoms with Crippen molar-refractivity contribution in [3.8, 4) is 17.6 Å². The lowest BCUT2D eigenvalue weighted by atomic mass is 10.1. The Hall–Kier alpha value is -3.38. The number of rotatable bonds is 6. The molecule has 0 unspecified atom stereocenters. The van der Waals surface area contributed by atoms with Gasteiger partial charge in [-0.1, -0.05) is 13.0 Å². The van der Waals surface area contributed by atoms with E-state index in [0.29, 0.717) is 12.2 Å². The molecule has 2 aliphatic rings. The molecule has 0 radical (unpaired) electrons. The number of nitrogens with one attached hydrogen (secondary N) is 1. The van der Waals surface area contributed by atoms with Gasteiger partial charge >= 0.3 is 0 Å². The van der Waals surface area contributed by atoms with Crippen LogP contribution in [0, 0.1) is 11.3 Å². The molecule has 2 aromatic rings. The van der Waals surface area contributed by atoms with Crippen molar-refractivity contribution in [1.29, 1.82) is 5.26 Å². The first-order valence-electron chi connectivity index (χ1n) is 9.72. The topological polar surface area (TPSA) is 107 Å². The summed E-state index contributed by atoms with van der Waals surface area (Å²) in [6.07, 6.45) is 3.25. The zero-order valence-electron chi connectivity index (χ0n) is 16.5. The molecule has 2 heterocycles. The van der Waals surface area contributed by atoms with Gasteiger partial charge in [0.1, 0.15) is 29.0 Å². The summed E-state index contributed by atoms with van der Waals surface area (Å²) in [4.78, 5) is 11.1. The van der Waals surface area contributed by atoms with E-state index in [1.165, 1.54) is 0 Å². The lowest BCUT2D eigenvalue weighted by Gasteiger charge is -2.29. The highest BCUT2D eigenvalue weighted by Gasteiger charge is 2.23. The third-order valence-electron chi connectivity index (χ3n) is 4.74. The van der Waals surface area contributed by atoms with E-state index in [4.69, 9.17) is 4.74 Å². The van der Waals surface area contributed by atoms with Crippen LogP contribution in [0.15, 0.2) is 46.4 Å². The minimum absolute atomic E-state index is 0.0209. The normalized spacial score (nSPS) is 14.9. The smallest absolute Gasteiger partial charge is 0.232 e. The van der Waals surface area contributed by atoms with Crippen LogP contribution >= 0.6 is 0 Å². The fourth-order valence-corrected chi connectivity index (χ4v) is 4.55. The Bertz CT molecular complexity index is 1180. The number of hydrogen-bond donors (Lipinski definition) is 1. The standard InChI is InChI=1S/C21H21N5O3S/c1-2-11-30(27,28)25-19-5-3-6-20(17(19)13-22)29-15-7-8-18-16(12-15)21-23-9-4-10-26(21)14-24-18/h3,5-8,12,14,25H,2,4,9-11H2,1H3. The van der Waals surface area contributed by atoms with Crippen molar-refractivity contribution in [2.45, 2.75) is 19.8 Å². The number of ether oxygens (including phenoxy) is 1. The predicted octanol–water partition coefficient (Wildman–Crippen LogP) is 3.63. The van der Waals surface area contributed by atoms with Crippen LogP contribution in [0.1, 0.15) is 30.9 Å². The minimum Gasteiger partial charge on any atom is -0.456 e. The summed E-state index contributed by atoms with van der Waals surface area (Å²) in [5.74, 6) is 1.63. The van der Waals surface area contributed by atoms with Crippen molar-refractivity contribution in [1.82, 2.24) is 4.90 Å². The quantitative estimate of drug-likeness (QED) is 0.763. The van der Waals surface area contributed by atoms with Gasteiger partial charge in [0.15, 0.2) is 0 Å². The highest BCUT2D eigenvalue weighted by Crippen LogP contribution is 2.34. The summed E-state index contributed by atoms with van der Waals surface area (Å²) < 4.78 is 32.7. The highest BCUT2D eigenvalue weighted by molar-refractivity contribution is 7.92. The Morgan fingerprint density at radius 3 is 2.97 bits per heavy atom. The molecule has 0 aliphatic carbocycles. The molecule has 154 valence electrons. The monoisotopic (exact) mass is 423 g/mol. The summed E-state index contributed by atoms with van der Waals surface area (Å²) in [6.45, 7) is 3.41. The Morgan fingerprint density at radius 2 is 2.17 bits per heavy atom. The highest BCUT2D eigenvalue weighted by atomic mass is 32.2. The molecule has 0 spiro atoms. The first-order chi connectivity index (χ1) is 14.5. The van der Waals surface area contributed by atoms with Crippen LogP contribution in [0.4, 0.5) is 11.4 Å². The van der Waals surface area contributed by atoms with Gasteiger partial charge in [-0.3, -0.25) is 9.71 Å². The van der Waals surface area contributed by atoms with E-state index < -0.39 is 10.0 Å². The van der Waals surface area contributed by atoms with Crippen molar-refractivity contribution < 1.29 is 13.2 Å². The van der Waals surface area contributed by atoms with E-state index in [0.717, 1.165) is 36.6 Å².